The zero-order valence-electron chi connectivity index (χ0n) is 11.7. The second-order valence-corrected chi connectivity index (χ2v) is 5.92. The van der Waals surface area contributed by atoms with Crippen LogP contribution in [0.2, 0.25) is 0 Å². The average molecular weight is 264 g/mol. The van der Waals surface area contributed by atoms with E-state index in [2.05, 4.69) is 24.5 Å². The fourth-order valence-electron chi connectivity index (χ4n) is 2.09. The van der Waals surface area contributed by atoms with Gasteiger partial charge in [0.15, 0.2) is 0 Å². The highest BCUT2D eigenvalue weighted by atomic mass is 19.1. The van der Waals surface area contributed by atoms with Crippen LogP contribution in [0, 0.1) is 18.7 Å². The predicted octanol–water partition coefficient (Wildman–Crippen LogP) is 1.75. The molecule has 19 heavy (non-hydrogen) atoms. The van der Waals surface area contributed by atoms with Gasteiger partial charge in [0.1, 0.15) is 5.82 Å². The number of aryl methyl sites for hydroxylation is 1. The van der Waals surface area contributed by atoms with Gasteiger partial charge in [-0.1, -0.05) is 26.0 Å². The molecule has 1 aromatic rings. The maximum absolute atomic E-state index is 13.3. The smallest absolute Gasteiger partial charge is 0.225 e. The van der Waals surface area contributed by atoms with E-state index in [1.165, 1.54) is 6.07 Å². The summed E-state index contributed by atoms with van der Waals surface area (Å²) >= 11 is 0. The van der Waals surface area contributed by atoms with E-state index in [4.69, 9.17) is 0 Å². The van der Waals surface area contributed by atoms with E-state index in [-0.39, 0.29) is 23.1 Å². The van der Waals surface area contributed by atoms with E-state index in [0.29, 0.717) is 12.1 Å². The molecule has 1 aliphatic heterocycles. The van der Waals surface area contributed by atoms with E-state index in [9.17, 15) is 9.18 Å². The van der Waals surface area contributed by atoms with Crippen LogP contribution >= 0.6 is 0 Å². The Kier molecular flexibility index (Phi) is 3.90. The quantitative estimate of drug-likeness (QED) is 0.870. The SMILES string of the molecule is Cc1cc(C(C)(C)CNC(=O)C2CNC2)ccc1F. The minimum Gasteiger partial charge on any atom is -0.355 e. The summed E-state index contributed by atoms with van der Waals surface area (Å²) in [5, 5.41) is 6.07. The Bertz CT molecular complexity index is 481. The van der Waals surface area contributed by atoms with Gasteiger partial charge < -0.3 is 10.6 Å². The van der Waals surface area contributed by atoms with Crippen LogP contribution in [-0.4, -0.2) is 25.5 Å². The lowest BCUT2D eigenvalue weighted by Crippen LogP contribution is -2.52. The Hall–Kier alpha value is -1.42. The summed E-state index contributed by atoms with van der Waals surface area (Å²) < 4.78 is 13.3. The first-order valence-electron chi connectivity index (χ1n) is 6.65. The van der Waals surface area contributed by atoms with Gasteiger partial charge in [-0.3, -0.25) is 4.79 Å². The van der Waals surface area contributed by atoms with Crippen LogP contribution in [0.5, 0.6) is 0 Å². The summed E-state index contributed by atoms with van der Waals surface area (Å²) in [6.45, 7) is 7.96. The maximum atomic E-state index is 13.3. The van der Waals surface area contributed by atoms with Crippen LogP contribution in [0.3, 0.4) is 0 Å². The first-order valence-corrected chi connectivity index (χ1v) is 6.65. The van der Waals surface area contributed by atoms with Crippen LogP contribution in [-0.2, 0) is 10.2 Å². The molecule has 2 N–H and O–H groups in total. The Morgan fingerprint density at radius 3 is 2.68 bits per heavy atom. The molecular formula is C15H21FN2O. The van der Waals surface area contributed by atoms with Crippen molar-refractivity contribution in [3.05, 3.63) is 35.1 Å². The zero-order chi connectivity index (χ0) is 14.0. The Morgan fingerprint density at radius 1 is 1.47 bits per heavy atom. The number of hydrogen-bond donors (Lipinski definition) is 2. The molecule has 1 amide bonds. The van der Waals surface area contributed by atoms with Crippen LogP contribution in [0.15, 0.2) is 18.2 Å². The highest BCUT2D eigenvalue weighted by Gasteiger charge is 2.27. The number of benzene rings is 1. The Labute approximate surface area is 113 Å². The van der Waals surface area contributed by atoms with E-state index in [1.54, 1.807) is 13.0 Å². The van der Waals surface area contributed by atoms with Gasteiger partial charge in [-0.25, -0.2) is 4.39 Å². The Balaban J connectivity index is 2.00. The molecule has 1 fully saturated rings. The fraction of sp³-hybridized carbons (Fsp3) is 0.533. The lowest BCUT2D eigenvalue weighted by Gasteiger charge is -2.30. The molecule has 0 radical (unpaired) electrons. The minimum atomic E-state index is -0.203. The standard InChI is InChI=1S/C15H21FN2O/c1-10-6-12(4-5-13(10)16)15(2,3)9-18-14(19)11-7-17-8-11/h4-6,11,17H,7-9H2,1-3H3,(H,18,19). The summed E-state index contributed by atoms with van der Waals surface area (Å²) in [6, 6.07) is 5.13. The molecule has 0 aliphatic carbocycles. The molecule has 0 bridgehead atoms. The number of halogens is 1. The third-order valence-electron chi connectivity index (χ3n) is 3.80. The molecule has 0 spiro atoms. The van der Waals surface area contributed by atoms with Crippen molar-refractivity contribution in [3.63, 3.8) is 0 Å². The Morgan fingerprint density at radius 2 is 2.16 bits per heavy atom. The number of nitrogens with one attached hydrogen (secondary N) is 2. The van der Waals surface area contributed by atoms with Gasteiger partial charge in [0.05, 0.1) is 5.92 Å². The first-order chi connectivity index (χ1) is 8.90. The molecular weight excluding hydrogens is 243 g/mol. The summed E-state index contributed by atoms with van der Waals surface area (Å²) in [6.07, 6.45) is 0. The molecule has 1 aliphatic rings. The van der Waals surface area contributed by atoms with Crippen molar-refractivity contribution in [2.45, 2.75) is 26.2 Å². The van der Waals surface area contributed by atoms with Gasteiger partial charge in [0.2, 0.25) is 5.91 Å². The van der Waals surface area contributed by atoms with Gasteiger partial charge in [-0.2, -0.15) is 0 Å². The molecule has 2 rings (SSSR count). The molecule has 4 heteroatoms. The molecule has 0 atom stereocenters. The van der Waals surface area contributed by atoms with Gasteiger partial charge in [-0.15, -0.1) is 0 Å². The second-order valence-electron chi connectivity index (χ2n) is 5.92. The zero-order valence-corrected chi connectivity index (χ0v) is 11.7. The summed E-state index contributed by atoms with van der Waals surface area (Å²) in [5.74, 6) is 0.0144. The van der Waals surface area contributed by atoms with E-state index < -0.39 is 0 Å². The number of rotatable bonds is 4. The molecule has 104 valence electrons. The molecule has 1 aromatic carbocycles. The van der Waals surface area contributed by atoms with E-state index in [0.717, 1.165) is 18.7 Å². The van der Waals surface area contributed by atoms with Gasteiger partial charge in [0, 0.05) is 25.0 Å². The minimum absolute atomic E-state index is 0.102. The monoisotopic (exact) mass is 264 g/mol. The number of hydrogen-bond acceptors (Lipinski definition) is 2. The third-order valence-corrected chi connectivity index (χ3v) is 3.80. The number of amides is 1. The van der Waals surface area contributed by atoms with E-state index in [1.807, 2.05) is 6.07 Å². The molecule has 0 unspecified atom stereocenters. The predicted molar refractivity (Wildman–Crippen MR) is 73.5 cm³/mol. The normalized spacial score (nSPS) is 16.0. The molecule has 0 saturated carbocycles. The average Bonchev–Trinajstić information content (AvgIpc) is 2.28. The van der Waals surface area contributed by atoms with E-state index >= 15 is 0 Å². The molecule has 1 saturated heterocycles. The lowest BCUT2D eigenvalue weighted by atomic mass is 9.83. The lowest BCUT2D eigenvalue weighted by molar-refractivity contribution is -0.126. The fourth-order valence-corrected chi connectivity index (χ4v) is 2.09. The van der Waals surface area contributed by atoms with Crippen LogP contribution in [0.4, 0.5) is 4.39 Å². The van der Waals surface area contributed by atoms with Crippen molar-refractivity contribution in [2.75, 3.05) is 19.6 Å². The molecule has 1 heterocycles. The second kappa shape index (κ2) is 5.29. The number of carbonyl (C=O) groups is 1. The van der Waals surface area contributed by atoms with Crippen LogP contribution in [0.1, 0.15) is 25.0 Å². The highest BCUT2D eigenvalue weighted by molar-refractivity contribution is 5.80. The number of carbonyl (C=O) groups excluding carboxylic acids is 1. The van der Waals surface area contributed by atoms with Crippen molar-refractivity contribution in [1.29, 1.82) is 0 Å². The van der Waals surface area contributed by atoms with Gasteiger partial charge in [0.25, 0.3) is 0 Å². The third kappa shape index (κ3) is 3.13. The van der Waals surface area contributed by atoms with Crippen molar-refractivity contribution in [1.82, 2.24) is 10.6 Å². The maximum Gasteiger partial charge on any atom is 0.225 e. The molecule has 0 aromatic heterocycles. The van der Waals surface area contributed by atoms with Crippen LogP contribution < -0.4 is 10.6 Å². The van der Waals surface area contributed by atoms with Crippen molar-refractivity contribution >= 4 is 5.91 Å². The first kappa shape index (κ1) is 14.0. The summed E-state index contributed by atoms with van der Waals surface area (Å²) in [4.78, 5) is 11.8. The van der Waals surface area contributed by atoms with Crippen LogP contribution in [0.25, 0.3) is 0 Å². The topological polar surface area (TPSA) is 41.1 Å². The largest absolute Gasteiger partial charge is 0.355 e. The summed E-state index contributed by atoms with van der Waals surface area (Å²) in [5.41, 5.74) is 1.48. The highest BCUT2D eigenvalue weighted by Crippen LogP contribution is 2.24. The van der Waals surface area contributed by atoms with Crippen molar-refractivity contribution < 1.29 is 9.18 Å². The van der Waals surface area contributed by atoms with Gasteiger partial charge in [-0.05, 0) is 24.1 Å². The summed E-state index contributed by atoms with van der Waals surface area (Å²) in [7, 11) is 0. The molecule has 3 nitrogen and oxygen atoms in total. The van der Waals surface area contributed by atoms with Gasteiger partial charge >= 0.3 is 0 Å². The van der Waals surface area contributed by atoms with Crippen molar-refractivity contribution in [2.24, 2.45) is 5.92 Å². The van der Waals surface area contributed by atoms with Crippen molar-refractivity contribution in [3.8, 4) is 0 Å².